The van der Waals surface area contributed by atoms with Gasteiger partial charge in [0, 0.05) is 0 Å². The average molecular weight is 292 g/mol. The number of aliphatic hydroxyl groups is 2. The molecule has 0 amide bonds. The monoisotopic (exact) mass is 292 g/mol. The summed E-state index contributed by atoms with van der Waals surface area (Å²) in [7, 11) is -4.00. The molecule has 8 heteroatoms. The van der Waals surface area contributed by atoms with Crippen molar-refractivity contribution in [3.63, 3.8) is 0 Å². The molecule has 0 bridgehead atoms. The molecule has 1 aromatic rings. The van der Waals surface area contributed by atoms with Crippen molar-refractivity contribution >= 4 is 15.7 Å². The maximum Gasteiger partial charge on any atom is 0.241 e. The van der Waals surface area contributed by atoms with Crippen LogP contribution < -0.4 is 10.5 Å². The third-order valence-electron chi connectivity index (χ3n) is 2.73. The SMILES string of the molecule is Cc1cc(F)c(N)c(C)c1S(=O)(=O)NC(CO)CO. The summed E-state index contributed by atoms with van der Waals surface area (Å²) in [5, 5.41) is 17.8. The van der Waals surface area contributed by atoms with Crippen molar-refractivity contribution in [2.45, 2.75) is 24.8 Å². The lowest BCUT2D eigenvalue weighted by Gasteiger charge is -2.18. The maximum absolute atomic E-state index is 13.4. The molecule has 0 atom stereocenters. The first-order valence-electron chi connectivity index (χ1n) is 5.53. The van der Waals surface area contributed by atoms with Gasteiger partial charge in [0.2, 0.25) is 10.0 Å². The van der Waals surface area contributed by atoms with E-state index < -0.39 is 35.1 Å². The van der Waals surface area contributed by atoms with Crippen molar-refractivity contribution in [1.29, 1.82) is 0 Å². The number of benzene rings is 1. The van der Waals surface area contributed by atoms with Crippen LogP contribution in [0.5, 0.6) is 0 Å². The molecule has 0 aliphatic carbocycles. The van der Waals surface area contributed by atoms with Crippen molar-refractivity contribution in [2.24, 2.45) is 0 Å². The van der Waals surface area contributed by atoms with Crippen LogP contribution in [0.2, 0.25) is 0 Å². The number of nitrogens with two attached hydrogens (primary N) is 1. The highest BCUT2D eigenvalue weighted by Crippen LogP contribution is 2.27. The first kappa shape index (κ1) is 15.8. The summed E-state index contributed by atoms with van der Waals surface area (Å²) in [5.41, 5.74) is 5.53. The quantitative estimate of drug-likeness (QED) is 0.554. The Labute approximate surface area is 111 Å². The summed E-state index contributed by atoms with van der Waals surface area (Å²) in [6.07, 6.45) is 0. The number of hydrogen-bond acceptors (Lipinski definition) is 5. The minimum atomic E-state index is -4.00. The van der Waals surface area contributed by atoms with E-state index >= 15 is 0 Å². The van der Waals surface area contributed by atoms with Crippen molar-refractivity contribution < 1.29 is 23.0 Å². The lowest BCUT2D eigenvalue weighted by atomic mass is 10.1. The number of halogens is 1. The summed E-state index contributed by atoms with van der Waals surface area (Å²) in [6.45, 7) is 1.73. The molecule has 0 aliphatic rings. The highest BCUT2D eigenvalue weighted by molar-refractivity contribution is 7.89. The second kappa shape index (κ2) is 5.83. The van der Waals surface area contributed by atoms with Gasteiger partial charge in [0.15, 0.2) is 0 Å². The second-order valence-electron chi connectivity index (χ2n) is 4.23. The van der Waals surface area contributed by atoms with Gasteiger partial charge in [-0.05, 0) is 31.0 Å². The molecule has 0 heterocycles. The van der Waals surface area contributed by atoms with Gasteiger partial charge in [-0.2, -0.15) is 0 Å². The van der Waals surface area contributed by atoms with E-state index in [-0.39, 0.29) is 21.7 Å². The average Bonchev–Trinajstić information content (AvgIpc) is 2.32. The largest absolute Gasteiger partial charge is 0.396 e. The molecule has 0 spiro atoms. The van der Waals surface area contributed by atoms with Gasteiger partial charge >= 0.3 is 0 Å². The number of aliphatic hydroxyl groups excluding tert-OH is 2. The number of nitrogen functional groups attached to an aromatic ring is 1. The molecule has 1 rings (SSSR count). The van der Waals surface area contributed by atoms with E-state index in [1.807, 2.05) is 0 Å². The van der Waals surface area contributed by atoms with E-state index in [0.29, 0.717) is 0 Å². The second-order valence-corrected chi connectivity index (χ2v) is 5.88. The Hall–Kier alpha value is -1.22. The van der Waals surface area contributed by atoms with E-state index in [2.05, 4.69) is 4.72 Å². The summed E-state index contributed by atoms with van der Waals surface area (Å²) in [5.74, 6) is -0.685. The summed E-state index contributed by atoms with van der Waals surface area (Å²) < 4.78 is 39.8. The van der Waals surface area contributed by atoms with Gasteiger partial charge in [-0.15, -0.1) is 0 Å². The fourth-order valence-electron chi connectivity index (χ4n) is 1.75. The molecule has 0 radical (unpaired) electrons. The normalized spacial score (nSPS) is 12.1. The van der Waals surface area contributed by atoms with Crippen LogP contribution in [-0.4, -0.2) is 37.9 Å². The van der Waals surface area contributed by atoms with Gasteiger partial charge in [0.25, 0.3) is 0 Å². The van der Waals surface area contributed by atoms with E-state index in [4.69, 9.17) is 15.9 Å². The number of anilines is 1. The van der Waals surface area contributed by atoms with Crippen LogP contribution in [0.15, 0.2) is 11.0 Å². The molecule has 1 aromatic carbocycles. The van der Waals surface area contributed by atoms with Crippen LogP contribution in [0.3, 0.4) is 0 Å². The summed E-state index contributed by atoms with van der Waals surface area (Å²) in [4.78, 5) is -0.140. The standard InChI is InChI=1S/C11H17FN2O4S/c1-6-3-9(12)10(13)7(2)11(6)19(17,18)14-8(4-15)5-16/h3,8,14-16H,4-5,13H2,1-2H3. The molecule has 5 N–H and O–H groups in total. The highest BCUT2D eigenvalue weighted by atomic mass is 32.2. The Morgan fingerprint density at radius 3 is 2.37 bits per heavy atom. The molecule has 19 heavy (non-hydrogen) atoms. The number of nitrogens with one attached hydrogen (secondary N) is 1. The predicted molar refractivity (Wildman–Crippen MR) is 68.6 cm³/mol. The zero-order valence-corrected chi connectivity index (χ0v) is 11.5. The fourth-order valence-corrected chi connectivity index (χ4v) is 3.46. The van der Waals surface area contributed by atoms with Gasteiger partial charge < -0.3 is 15.9 Å². The zero-order chi connectivity index (χ0) is 14.8. The van der Waals surface area contributed by atoms with Crippen molar-refractivity contribution in [3.05, 3.63) is 23.0 Å². The molecular weight excluding hydrogens is 275 g/mol. The molecular formula is C11H17FN2O4S. The van der Waals surface area contributed by atoms with E-state index in [1.54, 1.807) is 0 Å². The Bertz CT molecular complexity index is 571. The smallest absolute Gasteiger partial charge is 0.241 e. The predicted octanol–water partition coefficient (Wildman–Crippen LogP) is -0.344. The Morgan fingerprint density at radius 2 is 1.89 bits per heavy atom. The summed E-state index contributed by atoms with van der Waals surface area (Å²) >= 11 is 0. The first-order valence-corrected chi connectivity index (χ1v) is 7.02. The lowest BCUT2D eigenvalue weighted by Crippen LogP contribution is -2.40. The fraction of sp³-hybridized carbons (Fsp3) is 0.455. The van der Waals surface area contributed by atoms with Crippen LogP contribution in [-0.2, 0) is 10.0 Å². The molecule has 0 saturated heterocycles. The molecule has 0 saturated carbocycles. The van der Waals surface area contributed by atoms with E-state index in [1.165, 1.54) is 13.8 Å². The number of aryl methyl sites for hydroxylation is 1. The third kappa shape index (κ3) is 3.21. The van der Waals surface area contributed by atoms with Crippen LogP contribution in [0.4, 0.5) is 10.1 Å². The van der Waals surface area contributed by atoms with Crippen LogP contribution >= 0.6 is 0 Å². The Balaban J connectivity index is 3.34. The summed E-state index contributed by atoms with van der Waals surface area (Å²) in [6, 6.07) is 0.0131. The molecule has 108 valence electrons. The minimum Gasteiger partial charge on any atom is -0.396 e. The maximum atomic E-state index is 13.4. The topological polar surface area (TPSA) is 113 Å². The number of sulfonamides is 1. The highest BCUT2D eigenvalue weighted by Gasteiger charge is 2.25. The van der Waals surface area contributed by atoms with Crippen molar-refractivity contribution in [2.75, 3.05) is 18.9 Å². The minimum absolute atomic E-state index is 0.0969. The number of hydrogen-bond donors (Lipinski definition) is 4. The third-order valence-corrected chi connectivity index (χ3v) is 4.54. The van der Waals surface area contributed by atoms with Crippen LogP contribution in [0.1, 0.15) is 11.1 Å². The van der Waals surface area contributed by atoms with Crippen molar-refractivity contribution in [3.8, 4) is 0 Å². The lowest BCUT2D eigenvalue weighted by molar-refractivity contribution is 0.185. The molecule has 0 aliphatic heterocycles. The van der Waals surface area contributed by atoms with Crippen LogP contribution in [0, 0.1) is 19.7 Å². The Morgan fingerprint density at radius 1 is 1.37 bits per heavy atom. The Kier molecular flexibility index (Phi) is 4.86. The van der Waals surface area contributed by atoms with E-state index in [0.717, 1.165) is 6.07 Å². The van der Waals surface area contributed by atoms with Gasteiger partial charge in [-0.25, -0.2) is 17.5 Å². The number of rotatable bonds is 5. The van der Waals surface area contributed by atoms with Gasteiger partial charge in [0.05, 0.1) is 29.8 Å². The van der Waals surface area contributed by atoms with Gasteiger partial charge in [0.1, 0.15) is 5.82 Å². The molecule has 0 aromatic heterocycles. The molecule has 0 fully saturated rings. The van der Waals surface area contributed by atoms with Gasteiger partial charge in [-0.3, -0.25) is 0 Å². The van der Waals surface area contributed by atoms with Gasteiger partial charge in [-0.1, -0.05) is 0 Å². The van der Waals surface area contributed by atoms with Crippen molar-refractivity contribution in [1.82, 2.24) is 4.72 Å². The first-order chi connectivity index (χ1) is 8.74. The zero-order valence-electron chi connectivity index (χ0n) is 10.6. The molecule has 0 unspecified atom stereocenters. The van der Waals surface area contributed by atoms with Crippen LogP contribution in [0.25, 0.3) is 0 Å². The van der Waals surface area contributed by atoms with E-state index in [9.17, 15) is 12.8 Å². The molecule has 6 nitrogen and oxygen atoms in total.